The third-order valence-corrected chi connectivity index (χ3v) is 5.32. The zero-order valence-corrected chi connectivity index (χ0v) is 14.1. The molecule has 10 heteroatoms. The number of ether oxygens (including phenoxy) is 1. The number of nitrogens with one attached hydrogen (secondary N) is 1. The van der Waals surface area contributed by atoms with E-state index >= 15 is 0 Å². The predicted octanol–water partition coefficient (Wildman–Crippen LogP) is 2.84. The lowest BCUT2D eigenvalue weighted by molar-refractivity contribution is -0.0522. The Labute approximate surface area is 142 Å². The van der Waals surface area contributed by atoms with E-state index in [4.69, 9.17) is 0 Å². The lowest BCUT2D eigenvalue weighted by Gasteiger charge is -2.14. The number of benzene rings is 1. The summed E-state index contributed by atoms with van der Waals surface area (Å²) in [5, 5.41) is 4.31. The zero-order chi connectivity index (χ0) is 18.2. The van der Waals surface area contributed by atoms with Gasteiger partial charge in [0, 0.05) is 12.6 Å². The molecule has 6 nitrogen and oxygen atoms in total. The van der Waals surface area contributed by atoms with Gasteiger partial charge in [0.1, 0.15) is 5.82 Å². The summed E-state index contributed by atoms with van der Waals surface area (Å²) in [7, 11) is -2.48. The monoisotopic (exact) mass is 375 g/mol. The molecular weight excluding hydrogens is 359 g/mol. The van der Waals surface area contributed by atoms with Gasteiger partial charge in [-0.2, -0.15) is 13.9 Å². The molecule has 0 saturated heterocycles. The van der Waals surface area contributed by atoms with Gasteiger partial charge in [-0.15, -0.1) is 0 Å². The van der Waals surface area contributed by atoms with Crippen molar-refractivity contribution in [3.63, 3.8) is 0 Å². The van der Waals surface area contributed by atoms with Gasteiger partial charge < -0.3 is 4.74 Å². The molecule has 0 fully saturated rings. The second kappa shape index (κ2) is 6.58. The van der Waals surface area contributed by atoms with Gasteiger partial charge in [0.05, 0.1) is 10.6 Å². The smallest absolute Gasteiger partial charge is 0.387 e. The van der Waals surface area contributed by atoms with Gasteiger partial charge in [0.2, 0.25) is 0 Å². The number of fused-ring (bicyclic) bond motifs is 1. The first kappa shape index (κ1) is 17.6. The average Bonchev–Trinajstić information content (AvgIpc) is 2.84. The summed E-state index contributed by atoms with van der Waals surface area (Å²) in [6, 6.07) is 2.50. The summed E-state index contributed by atoms with van der Waals surface area (Å²) in [6.45, 7) is -3.20. The summed E-state index contributed by atoms with van der Waals surface area (Å²) in [5.41, 5.74) is 1.67. The predicted molar refractivity (Wildman–Crippen MR) is 83.7 cm³/mol. The number of alkyl halides is 2. The Morgan fingerprint density at radius 1 is 1.28 bits per heavy atom. The van der Waals surface area contributed by atoms with Gasteiger partial charge in [0.15, 0.2) is 11.6 Å². The van der Waals surface area contributed by atoms with Gasteiger partial charge in [-0.3, -0.25) is 9.40 Å². The van der Waals surface area contributed by atoms with E-state index in [2.05, 4.69) is 14.6 Å². The van der Waals surface area contributed by atoms with Crippen LogP contribution < -0.4 is 9.46 Å². The SMILES string of the molecule is Cn1nc2c(c1NS(=O)(=O)c1ccc(OC(F)F)c(F)c1)CCCC2. The molecule has 0 atom stereocenters. The van der Waals surface area contributed by atoms with Gasteiger partial charge in [-0.05, 0) is 43.9 Å². The Kier molecular flexibility index (Phi) is 4.63. The van der Waals surface area contributed by atoms with Crippen LogP contribution in [0.3, 0.4) is 0 Å². The van der Waals surface area contributed by atoms with E-state index in [0.717, 1.165) is 42.7 Å². The molecule has 0 saturated carbocycles. The number of halogens is 3. The topological polar surface area (TPSA) is 73.2 Å². The van der Waals surface area contributed by atoms with Crippen molar-refractivity contribution in [2.45, 2.75) is 37.2 Å². The van der Waals surface area contributed by atoms with Crippen molar-refractivity contribution in [1.29, 1.82) is 0 Å². The molecule has 1 aliphatic carbocycles. The second-order valence-electron chi connectivity index (χ2n) is 5.68. The van der Waals surface area contributed by atoms with Crippen LogP contribution in [0.25, 0.3) is 0 Å². The van der Waals surface area contributed by atoms with Crippen LogP contribution >= 0.6 is 0 Å². The molecule has 0 amide bonds. The first-order valence-corrected chi connectivity index (χ1v) is 9.08. The molecule has 1 N–H and O–H groups in total. The van der Waals surface area contributed by atoms with E-state index in [-0.39, 0.29) is 0 Å². The van der Waals surface area contributed by atoms with E-state index < -0.39 is 33.1 Å². The minimum absolute atomic E-state index is 0.336. The van der Waals surface area contributed by atoms with Gasteiger partial charge in [0.25, 0.3) is 10.0 Å². The average molecular weight is 375 g/mol. The van der Waals surface area contributed by atoms with Crippen molar-refractivity contribution >= 4 is 15.8 Å². The molecule has 1 aliphatic rings. The molecule has 136 valence electrons. The fourth-order valence-corrected chi connectivity index (χ4v) is 3.97. The maximum Gasteiger partial charge on any atom is 0.387 e. The van der Waals surface area contributed by atoms with Gasteiger partial charge >= 0.3 is 6.61 Å². The molecule has 1 aromatic carbocycles. The van der Waals surface area contributed by atoms with Crippen LogP contribution in [0.4, 0.5) is 19.0 Å². The third-order valence-electron chi connectivity index (χ3n) is 3.98. The molecule has 1 aromatic heterocycles. The Balaban J connectivity index is 1.90. The minimum Gasteiger partial charge on any atom is -0.432 e. The van der Waals surface area contributed by atoms with Crippen LogP contribution in [-0.2, 0) is 29.9 Å². The number of anilines is 1. The summed E-state index contributed by atoms with van der Waals surface area (Å²) in [6.07, 6.45) is 3.41. The zero-order valence-electron chi connectivity index (χ0n) is 13.3. The quantitative estimate of drug-likeness (QED) is 0.872. The number of aryl methyl sites for hydroxylation is 2. The molecular formula is C15H16F3N3O3S. The molecule has 0 aliphatic heterocycles. The standard InChI is InChI=1S/C15H16F3N3O3S/c1-21-14(10-4-2-3-5-12(10)19-21)20-25(22,23)9-6-7-13(11(16)8-9)24-15(17)18/h6-8,15,20H,2-5H2,1H3. The maximum absolute atomic E-state index is 13.8. The number of hydrogen-bond acceptors (Lipinski definition) is 4. The largest absolute Gasteiger partial charge is 0.432 e. The fourth-order valence-electron chi connectivity index (χ4n) is 2.84. The number of hydrogen-bond donors (Lipinski definition) is 1. The van der Waals surface area contributed by atoms with Crippen LogP contribution in [0, 0.1) is 5.82 Å². The maximum atomic E-state index is 13.8. The van der Waals surface area contributed by atoms with Crippen LogP contribution in [0.2, 0.25) is 0 Å². The second-order valence-corrected chi connectivity index (χ2v) is 7.36. The number of sulfonamides is 1. The Hall–Kier alpha value is -2.23. The molecule has 25 heavy (non-hydrogen) atoms. The number of aromatic nitrogens is 2. The van der Waals surface area contributed by atoms with E-state index in [9.17, 15) is 21.6 Å². The van der Waals surface area contributed by atoms with Crippen molar-refractivity contribution < 1.29 is 26.3 Å². The van der Waals surface area contributed by atoms with Crippen LogP contribution in [-0.4, -0.2) is 24.8 Å². The van der Waals surface area contributed by atoms with E-state index in [1.165, 1.54) is 4.68 Å². The Bertz CT molecular complexity index is 897. The van der Waals surface area contributed by atoms with Crippen molar-refractivity contribution in [2.24, 2.45) is 7.05 Å². The number of nitrogens with zero attached hydrogens (tertiary/aromatic N) is 2. The van der Waals surface area contributed by atoms with Gasteiger partial charge in [-0.1, -0.05) is 0 Å². The minimum atomic E-state index is -4.10. The number of rotatable bonds is 5. The molecule has 0 spiro atoms. The van der Waals surface area contributed by atoms with Crippen LogP contribution in [0.1, 0.15) is 24.1 Å². The lowest BCUT2D eigenvalue weighted by Crippen LogP contribution is -2.17. The van der Waals surface area contributed by atoms with E-state index in [1.807, 2.05) is 0 Å². The lowest BCUT2D eigenvalue weighted by atomic mass is 9.98. The molecule has 3 rings (SSSR count). The Morgan fingerprint density at radius 3 is 2.68 bits per heavy atom. The van der Waals surface area contributed by atoms with E-state index in [0.29, 0.717) is 18.3 Å². The third kappa shape index (κ3) is 3.58. The summed E-state index contributed by atoms with van der Waals surface area (Å²) < 4.78 is 71.0. The first-order valence-electron chi connectivity index (χ1n) is 7.60. The molecule has 0 unspecified atom stereocenters. The van der Waals surface area contributed by atoms with Crippen molar-refractivity contribution in [3.05, 3.63) is 35.3 Å². The first-order chi connectivity index (χ1) is 11.8. The van der Waals surface area contributed by atoms with Crippen LogP contribution in [0.15, 0.2) is 23.1 Å². The fraction of sp³-hybridized carbons (Fsp3) is 0.400. The van der Waals surface area contributed by atoms with E-state index in [1.54, 1.807) is 7.05 Å². The molecule has 0 radical (unpaired) electrons. The highest BCUT2D eigenvalue weighted by molar-refractivity contribution is 7.92. The summed E-state index contributed by atoms with van der Waals surface area (Å²) >= 11 is 0. The summed E-state index contributed by atoms with van der Waals surface area (Å²) in [4.78, 5) is -0.391. The normalized spacial score (nSPS) is 14.4. The van der Waals surface area contributed by atoms with Crippen LogP contribution in [0.5, 0.6) is 5.75 Å². The highest BCUT2D eigenvalue weighted by Gasteiger charge is 2.24. The van der Waals surface area contributed by atoms with Crippen molar-refractivity contribution in [2.75, 3.05) is 4.72 Å². The van der Waals surface area contributed by atoms with Crippen molar-refractivity contribution in [3.8, 4) is 5.75 Å². The highest BCUT2D eigenvalue weighted by atomic mass is 32.2. The summed E-state index contributed by atoms with van der Waals surface area (Å²) in [5.74, 6) is -1.56. The van der Waals surface area contributed by atoms with Crippen molar-refractivity contribution in [1.82, 2.24) is 9.78 Å². The molecule has 1 heterocycles. The Morgan fingerprint density at radius 2 is 2.00 bits per heavy atom. The van der Waals surface area contributed by atoms with Gasteiger partial charge in [-0.25, -0.2) is 12.8 Å². The highest BCUT2D eigenvalue weighted by Crippen LogP contribution is 2.30. The molecule has 2 aromatic rings. The molecule has 0 bridgehead atoms.